The molecule has 1 aliphatic rings. The Kier molecular flexibility index (Phi) is 4.16. The van der Waals surface area contributed by atoms with Crippen molar-refractivity contribution in [2.45, 2.75) is 13.0 Å². The highest BCUT2D eigenvalue weighted by atomic mass is 35.5. The quantitative estimate of drug-likeness (QED) is 0.846. The average molecular weight is 243 g/mol. The summed E-state index contributed by atoms with van der Waals surface area (Å²) in [5.74, 6) is 0.476. The molecule has 1 heterocycles. The lowest BCUT2D eigenvalue weighted by molar-refractivity contribution is 0.503. The van der Waals surface area contributed by atoms with E-state index in [9.17, 15) is 4.39 Å². The van der Waals surface area contributed by atoms with E-state index in [1.54, 1.807) is 12.1 Å². The van der Waals surface area contributed by atoms with Crippen molar-refractivity contribution in [1.29, 1.82) is 0 Å². The molecule has 16 heavy (non-hydrogen) atoms. The van der Waals surface area contributed by atoms with Crippen LogP contribution in [0.2, 0.25) is 5.02 Å². The van der Waals surface area contributed by atoms with Crippen molar-refractivity contribution in [2.24, 2.45) is 5.92 Å². The van der Waals surface area contributed by atoms with Gasteiger partial charge in [-0.05, 0) is 50.2 Å². The van der Waals surface area contributed by atoms with E-state index >= 15 is 0 Å². The highest BCUT2D eigenvalue weighted by Crippen LogP contribution is 2.15. The molecule has 1 aromatic rings. The van der Waals surface area contributed by atoms with Crippen LogP contribution in [-0.2, 0) is 6.54 Å². The van der Waals surface area contributed by atoms with Gasteiger partial charge < -0.3 is 10.6 Å². The first-order valence-corrected chi connectivity index (χ1v) is 5.99. The van der Waals surface area contributed by atoms with Crippen LogP contribution in [0.5, 0.6) is 0 Å². The third kappa shape index (κ3) is 3.17. The summed E-state index contributed by atoms with van der Waals surface area (Å²) in [4.78, 5) is 0. The molecule has 1 aliphatic heterocycles. The van der Waals surface area contributed by atoms with Crippen LogP contribution >= 0.6 is 11.6 Å². The third-order valence-corrected chi connectivity index (χ3v) is 3.15. The van der Waals surface area contributed by atoms with E-state index < -0.39 is 0 Å². The van der Waals surface area contributed by atoms with E-state index in [0.717, 1.165) is 19.6 Å². The molecule has 0 aliphatic carbocycles. The molecule has 88 valence electrons. The minimum atomic E-state index is -0.193. The molecule has 0 aromatic heterocycles. The van der Waals surface area contributed by atoms with Gasteiger partial charge in [0.1, 0.15) is 5.82 Å². The molecule has 0 bridgehead atoms. The molecule has 0 saturated carbocycles. The maximum Gasteiger partial charge on any atom is 0.127 e. The predicted molar refractivity (Wildman–Crippen MR) is 64.1 cm³/mol. The summed E-state index contributed by atoms with van der Waals surface area (Å²) < 4.78 is 13.4. The Balaban J connectivity index is 1.82. The SMILES string of the molecule is Fc1ccc(Cl)cc1CNCC1CCNC1. The molecule has 2 rings (SSSR count). The average Bonchev–Trinajstić information content (AvgIpc) is 2.76. The second kappa shape index (κ2) is 5.62. The van der Waals surface area contributed by atoms with E-state index in [1.165, 1.54) is 12.5 Å². The van der Waals surface area contributed by atoms with Gasteiger partial charge >= 0.3 is 0 Å². The minimum Gasteiger partial charge on any atom is -0.316 e. The van der Waals surface area contributed by atoms with E-state index in [-0.39, 0.29) is 5.82 Å². The molecule has 0 spiro atoms. The monoisotopic (exact) mass is 242 g/mol. The maximum absolute atomic E-state index is 13.4. The number of halogens is 2. The first-order valence-electron chi connectivity index (χ1n) is 5.61. The minimum absolute atomic E-state index is 0.193. The second-order valence-corrected chi connectivity index (χ2v) is 4.66. The fourth-order valence-electron chi connectivity index (χ4n) is 1.98. The van der Waals surface area contributed by atoms with Gasteiger partial charge in [-0.15, -0.1) is 0 Å². The van der Waals surface area contributed by atoms with Gasteiger partial charge in [-0.25, -0.2) is 4.39 Å². The Morgan fingerprint density at radius 1 is 1.50 bits per heavy atom. The molecule has 1 saturated heterocycles. The normalized spacial score (nSPS) is 20.2. The van der Waals surface area contributed by atoms with Crippen molar-refractivity contribution >= 4 is 11.6 Å². The predicted octanol–water partition coefficient (Wildman–Crippen LogP) is 2.18. The Labute approximate surface area is 100 Å². The molecule has 1 fully saturated rings. The molecular formula is C12H16ClFN2. The van der Waals surface area contributed by atoms with Gasteiger partial charge in [-0.1, -0.05) is 11.6 Å². The maximum atomic E-state index is 13.4. The van der Waals surface area contributed by atoms with Crippen molar-refractivity contribution in [2.75, 3.05) is 19.6 Å². The van der Waals surface area contributed by atoms with Crippen LogP contribution in [0, 0.1) is 11.7 Å². The van der Waals surface area contributed by atoms with Gasteiger partial charge in [0.2, 0.25) is 0 Å². The molecular weight excluding hydrogens is 227 g/mol. The Morgan fingerprint density at radius 2 is 2.38 bits per heavy atom. The Hall–Kier alpha value is -0.640. The van der Waals surface area contributed by atoms with Crippen LogP contribution in [-0.4, -0.2) is 19.6 Å². The summed E-state index contributed by atoms with van der Waals surface area (Å²) in [7, 11) is 0. The summed E-state index contributed by atoms with van der Waals surface area (Å²) in [5, 5.41) is 7.16. The van der Waals surface area contributed by atoms with Gasteiger partial charge in [0.05, 0.1) is 0 Å². The van der Waals surface area contributed by atoms with Crippen molar-refractivity contribution in [3.8, 4) is 0 Å². The summed E-state index contributed by atoms with van der Waals surface area (Å²) in [6.07, 6.45) is 1.20. The fourth-order valence-corrected chi connectivity index (χ4v) is 2.17. The highest BCUT2D eigenvalue weighted by molar-refractivity contribution is 6.30. The standard InChI is InChI=1S/C12H16ClFN2/c13-11-1-2-12(14)10(5-11)8-16-7-9-3-4-15-6-9/h1-2,5,9,15-16H,3-4,6-8H2. The first-order chi connectivity index (χ1) is 7.75. The zero-order chi connectivity index (χ0) is 11.4. The van der Waals surface area contributed by atoms with E-state index in [1.807, 2.05) is 0 Å². The lowest BCUT2D eigenvalue weighted by Gasteiger charge is -2.10. The van der Waals surface area contributed by atoms with Gasteiger partial charge in [-0.3, -0.25) is 0 Å². The van der Waals surface area contributed by atoms with Crippen LogP contribution in [0.15, 0.2) is 18.2 Å². The molecule has 2 nitrogen and oxygen atoms in total. The molecule has 1 unspecified atom stereocenters. The lowest BCUT2D eigenvalue weighted by Crippen LogP contribution is -2.24. The van der Waals surface area contributed by atoms with Crippen LogP contribution < -0.4 is 10.6 Å². The Morgan fingerprint density at radius 3 is 3.12 bits per heavy atom. The van der Waals surface area contributed by atoms with E-state index in [0.29, 0.717) is 23.0 Å². The van der Waals surface area contributed by atoms with Crippen LogP contribution in [0.4, 0.5) is 4.39 Å². The lowest BCUT2D eigenvalue weighted by atomic mass is 10.1. The third-order valence-electron chi connectivity index (χ3n) is 2.92. The molecule has 1 atom stereocenters. The van der Waals surface area contributed by atoms with Crippen molar-refractivity contribution < 1.29 is 4.39 Å². The molecule has 0 amide bonds. The van der Waals surface area contributed by atoms with E-state index in [4.69, 9.17) is 11.6 Å². The smallest absolute Gasteiger partial charge is 0.127 e. The summed E-state index contributed by atoms with van der Waals surface area (Å²) in [6.45, 7) is 3.63. The largest absolute Gasteiger partial charge is 0.316 e. The van der Waals surface area contributed by atoms with Gasteiger partial charge in [0.25, 0.3) is 0 Å². The van der Waals surface area contributed by atoms with Crippen molar-refractivity contribution in [3.63, 3.8) is 0 Å². The van der Waals surface area contributed by atoms with Crippen molar-refractivity contribution in [1.82, 2.24) is 10.6 Å². The number of benzene rings is 1. The topological polar surface area (TPSA) is 24.1 Å². The van der Waals surface area contributed by atoms with Crippen LogP contribution in [0.1, 0.15) is 12.0 Å². The van der Waals surface area contributed by atoms with Gasteiger partial charge in [0.15, 0.2) is 0 Å². The number of rotatable bonds is 4. The first kappa shape index (κ1) is 11.8. The highest BCUT2D eigenvalue weighted by Gasteiger charge is 2.13. The zero-order valence-electron chi connectivity index (χ0n) is 9.10. The molecule has 1 aromatic carbocycles. The molecule has 4 heteroatoms. The summed E-state index contributed by atoms with van der Waals surface area (Å²) in [5.41, 5.74) is 0.637. The van der Waals surface area contributed by atoms with Crippen LogP contribution in [0.25, 0.3) is 0 Å². The summed E-state index contributed by atoms with van der Waals surface area (Å²) >= 11 is 5.82. The molecule has 0 radical (unpaired) electrons. The van der Waals surface area contributed by atoms with E-state index in [2.05, 4.69) is 10.6 Å². The van der Waals surface area contributed by atoms with Gasteiger partial charge in [0, 0.05) is 17.1 Å². The Bertz CT molecular complexity index is 351. The fraction of sp³-hybridized carbons (Fsp3) is 0.500. The van der Waals surface area contributed by atoms with Crippen molar-refractivity contribution in [3.05, 3.63) is 34.6 Å². The summed E-state index contributed by atoms with van der Waals surface area (Å²) in [6, 6.07) is 4.66. The zero-order valence-corrected chi connectivity index (χ0v) is 9.86. The second-order valence-electron chi connectivity index (χ2n) is 4.23. The number of nitrogens with one attached hydrogen (secondary N) is 2. The molecule has 2 N–H and O–H groups in total. The number of hydrogen-bond acceptors (Lipinski definition) is 2. The van der Waals surface area contributed by atoms with Crippen LogP contribution in [0.3, 0.4) is 0 Å². The number of hydrogen-bond donors (Lipinski definition) is 2. The van der Waals surface area contributed by atoms with Gasteiger partial charge in [-0.2, -0.15) is 0 Å².